The maximum atomic E-state index is 11.7. The van der Waals surface area contributed by atoms with Crippen LogP contribution in [-0.4, -0.2) is 5.78 Å². The van der Waals surface area contributed by atoms with Crippen LogP contribution in [0.25, 0.3) is 0 Å². The largest absolute Gasteiger partial charge is 0.299 e. The average molecular weight is 218 g/mol. The fourth-order valence-electron chi connectivity index (χ4n) is 1.68. The lowest BCUT2D eigenvalue weighted by atomic mass is 9.99. The molecule has 0 saturated carbocycles. The number of Topliss-reactive ketones (excluding diaryl/α,β-unsaturated/α-hetero) is 1. The van der Waals surface area contributed by atoms with E-state index in [0.29, 0.717) is 24.5 Å². The van der Waals surface area contributed by atoms with Crippen LogP contribution in [0.2, 0.25) is 0 Å². The summed E-state index contributed by atoms with van der Waals surface area (Å²) in [6, 6.07) is 6.29. The van der Waals surface area contributed by atoms with E-state index in [1.807, 2.05) is 0 Å². The van der Waals surface area contributed by atoms with E-state index >= 15 is 0 Å². The van der Waals surface area contributed by atoms with Crippen LogP contribution in [0.4, 0.5) is 0 Å². The van der Waals surface area contributed by atoms with Crippen LogP contribution in [0, 0.1) is 19.8 Å². The van der Waals surface area contributed by atoms with E-state index in [1.165, 1.54) is 11.1 Å². The minimum atomic E-state index is 0.358. The maximum Gasteiger partial charge on any atom is 0.137 e. The van der Waals surface area contributed by atoms with Gasteiger partial charge in [0.25, 0.3) is 0 Å². The van der Waals surface area contributed by atoms with Gasteiger partial charge in [0.05, 0.1) is 0 Å². The van der Waals surface area contributed by atoms with E-state index in [0.717, 1.165) is 12.0 Å². The molecule has 0 aliphatic carbocycles. The fraction of sp³-hybridized carbons (Fsp3) is 0.533. The zero-order valence-corrected chi connectivity index (χ0v) is 10.8. The summed E-state index contributed by atoms with van der Waals surface area (Å²) in [5, 5.41) is 0. The van der Waals surface area contributed by atoms with Gasteiger partial charge < -0.3 is 0 Å². The Hall–Kier alpha value is -1.11. The summed E-state index contributed by atoms with van der Waals surface area (Å²) < 4.78 is 0. The molecule has 16 heavy (non-hydrogen) atoms. The molecule has 1 heteroatoms. The monoisotopic (exact) mass is 218 g/mol. The summed E-state index contributed by atoms with van der Waals surface area (Å²) in [5.74, 6) is 0.973. The molecule has 1 aromatic rings. The van der Waals surface area contributed by atoms with Gasteiger partial charge in [-0.1, -0.05) is 32.0 Å². The standard InChI is InChI=1S/C15H22O/c1-11(2)5-8-15(16)10-14-7-6-12(3)13(4)9-14/h6-7,9,11H,5,8,10H2,1-4H3. The highest BCUT2D eigenvalue weighted by molar-refractivity contribution is 5.80. The van der Waals surface area contributed by atoms with Crippen LogP contribution in [0.15, 0.2) is 18.2 Å². The Kier molecular flexibility index (Phi) is 4.72. The topological polar surface area (TPSA) is 17.1 Å². The Morgan fingerprint density at radius 3 is 2.44 bits per heavy atom. The van der Waals surface area contributed by atoms with E-state index in [1.54, 1.807) is 0 Å². The minimum absolute atomic E-state index is 0.358. The molecule has 1 rings (SSSR count). The number of hydrogen-bond donors (Lipinski definition) is 0. The van der Waals surface area contributed by atoms with Gasteiger partial charge in [0.1, 0.15) is 5.78 Å². The molecule has 0 radical (unpaired) electrons. The zero-order valence-electron chi connectivity index (χ0n) is 10.8. The molecule has 0 aromatic heterocycles. The third-order valence-corrected chi connectivity index (χ3v) is 2.97. The fourth-order valence-corrected chi connectivity index (χ4v) is 1.68. The first-order chi connectivity index (χ1) is 7.49. The number of carbonyl (C=O) groups is 1. The van der Waals surface area contributed by atoms with Gasteiger partial charge in [-0.05, 0) is 42.9 Å². The van der Waals surface area contributed by atoms with Crippen molar-refractivity contribution in [1.82, 2.24) is 0 Å². The predicted molar refractivity (Wildman–Crippen MR) is 68.7 cm³/mol. The molecule has 0 saturated heterocycles. The molecule has 0 aliphatic rings. The molecule has 0 fully saturated rings. The second-order valence-corrected chi connectivity index (χ2v) is 5.07. The third kappa shape index (κ3) is 4.18. The van der Waals surface area contributed by atoms with Crippen LogP contribution in [0.3, 0.4) is 0 Å². The normalized spacial score (nSPS) is 10.8. The Morgan fingerprint density at radius 1 is 1.19 bits per heavy atom. The summed E-state index contributed by atoms with van der Waals surface area (Å²) in [7, 11) is 0. The second-order valence-electron chi connectivity index (χ2n) is 5.07. The highest BCUT2D eigenvalue weighted by Gasteiger charge is 2.05. The van der Waals surface area contributed by atoms with Crippen molar-refractivity contribution in [3.8, 4) is 0 Å². The zero-order chi connectivity index (χ0) is 12.1. The minimum Gasteiger partial charge on any atom is -0.299 e. The van der Waals surface area contributed by atoms with Gasteiger partial charge in [-0.15, -0.1) is 0 Å². The van der Waals surface area contributed by atoms with Crippen molar-refractivity contribution >= 4 is 5.78 Å². The second kappa shape index (κ2) is 5.83. The van der Waals surface area contributed by atoms with Crippen molar-refractivity contribution in [3.63, 3.8) is 0 Å². The molecule has 0 N–H and O–H groups in total. The summed E-state index contributed by atoms with van der Waals surface area (Å²) in [5.41, 5.74) is 3.71. The van der Waals surface area contributed by atoms with Crippen molar-refractivity contribution in [1.29, 1.82) is 0 Å². The molecule has 0 heterocycles. The number of carbonyl (C=O) groups excluding carboxylic acids is 1. The van der Waals surface area contributed by atoms with Gasteiger partial charge in [0.15, 0.2) is 0 Å². The van der Waals surface area contributed by atoms with Gasteiger partial charge in [0.2, 0.25) is 0 Å². The molecule has 1 aromatic carbocycles. The molecule has 88 valence electrons. The van der Waals surface area contributed by atoms with Crippen LogP contribution in [-0.2, 0) is 11.2 Å². The molecular formula is C15H22O. The van der Waals surface area contributed by atoms with E-state index in [2.05, 4.69) is 45.9 Å². The molecule has 0 bridgehead atoms. The van der Waals surface area contributed by atoms with Crippen molar-refractivity contribution in [2.24, 2.45) is 5.92 Å². The van der Waals surface area contributed by atoms with E-state index in [-0.39, 0.29) is 0 Å². The number of ketones is 1. The molecule has 0 spiro atoms. The maximum absolute atomic E-state index is 11.7. The lowest BCUT2D eigenvalue weighted by molar-refractivity contribution is -0.118. The smallest absolute Gasteiger partial charge is 0.137 e. The molecule has 0 amide bonds. The lowest BCUT2D eigenvalue weighted by Crippen LogP contribution is -2.04. The van der Waals surface area contributed by atoms with Crippen LogP contribution in [0.5, 0.6) is 0 Å². The van der Waals surface area contributed by atoms with Gasteiger partial charge in [-0.25, -0.2) is 0 Å². The number of hydrogen-bond acceptors (Lipinski definition) is 1. The van der Waals surface area contributed by atoms with Gasteiger partial charge >= 0.3 is 0 Å². The van der Waals surface area contributed by atoms with Crippen LogP contribution >= 0.6 is 0 Å². The summed E-state index contributed by atoms with van der Waals surface area (Å²) >= 11 is 0. The Bertz CT molecular complexity index is 364. The number of aryl methyl sites for hydroxylation is 2. The Balaban J connectivity index is 2.53. The lowest BCUT2D eigenvalue weighted by Gasteiger charge is -2.06. The first-order valence-corrected chi connectivity index (χ1v) is 6.07. The van der Waals surface area contributed by atoms with Crippen LogP contribution in [0.1, 0.15) is 43.4 Å². The van der Waals surface area contributed by atoms with E-state index in [9.17, 15) is 4.79 Å². The SMILES string of the molecule is Cc1ccc(CC(=O)CCC(C)C)cc1C. The van der Waals surface area contributed by atoms with Crippen molar-refractivity contribution in [3.05, 3.63) is 34.9 Å². The molecule has 0 aliphatic heterocycles. The van der Waals surface area contributed by atoms with Crippen molar-refractivity contribution in [2.75, 3.05) is 0 Å². The average Bonchev–Trinajstić information content (AvgIpc) is 2.21. The Labute approximate surface area is 98.9 Å². The highest BCUT2D eigenvalue weighted by Crippen LogP contribution is 2.12. The summed E-state index contributed by atoms with van der Waals surface area (Å²) in [6.07, 6.45) is 2.31. The van der Waals surface area contributed by atoms with Crippen molar-refractivity contribution < 1.29 is 4.79 Å². The van der Waals surface area contributed by atoms with Gasteiger partial charge in [0, 0.05) is 12.8 Å². The van der Waals surface area contributed by atoms with E-state index < -0.39 is 0 Å². The van der Waals surface area contributed by atoms with Crippen LogP contribution < -0.4 is 0 Å². The molecule has 0 unspecified atom stereocenters. The first kappa shape index (κ1) is 13.0. The summed E-state index contributed by atoms with van der Waals surface area (Å²) in [6.45, 7) is 8.50. The van der Waals surface area contributed by atoms with E-state index in [4.69, 9.17) is 0 Å². The molecule has 1 nitrogen and oxygen atoms in total. The van der Waals surface area contributed by atoms with Gasteiger partial charge in [-0.2, -0.15) is 0 Å². The summed E-state index contributed by atoms with van der Waals surface area (Å²) in [4.78, 5) is 11.7. The predicted octanol–water partition coefficient (Wildman–Crippen LogP) is 3.85. The van der Waals surface area contributed by atoms with Crippen molar-refractivity contribution in [2.45, 2.75) is 47.0 Å². The first-order valence-electron chi connectivity index (χ1n) is 6.07. The molecular weight excluding hydrogens is 196 g/mol. The quantitative estimate of drug-likeness (QED) is 0.733. The van der Waals surface area contributed by atoms with Gasteiger partial charge in [-0.3, -0.25) is 4.79 Å². The Morgan fingerprint density at radius 2 is 1.88 bits per heavy atom. The number of rotatable bonds is 5. The number of benzene rings is 1. The highest BCUT2D eigenvalue weighted by atomic mass is 16.1. The molecule has 0 atom stereocenters. The third-order valence-electron chi connectivity index (χ3n) is 2.97.